The first-order chi connectivity index (χ1) is 15.8. The molecule has 33 heavy (non-hydrogen) atoms. The summed E-state index contributed by atoms with van der Waals surface area (Å²) < 4.78 is 19.8. The fraction of sp³-hybridized carbons (Fsp3) is 0.346. The molecule has 2 heterocycles. The Labute approximate surface area is 194 Å². The van der Waals surface area contributed by atoms with Crippen LogP contribution in [-0.4, -0.2) is 54.6 Å². The van der Waals surface area contributed by atoms with Crippen LogP contribution in [0, 0.1) is 19.7 Å². The molecule has 4 rings (SSSR count). The maximum Gasteiger partial charge on any atom is 0.260 e. The van der Waals surface area contributed by atoms with Gasteiger partial charge in [0.2, 0.25) is 5.95 Å². The molecule has 1 saturated heterocycles. The summed E-state index contributed by atoms with van der Waals surface area (Å²) in [6.07, 6.45) is 2.53. The van der Waals surface area contributed by atoms with Crippen LogP contribution in [0.4, 0.5) is 10.3 Å². The largest absolute Gasteiger partial charge is 0.483 e. The number of benzene rings is 2. The van der Waals surface area contributed by atoms with Crippen molar-refractivity contribution in [3.63, 3.8) is 0 Å². The van der Waals surface area contributed by atoms with Crippen LogP contribution >= 0.6 is 0 Å². The summed E-state index contributed by atoms with van der Waals surface area (Å²) in [5.74, 6) is 1.04. The Hall–Kier alpha value is -3.48. The molecule has 0 bridgehead atoms. The summed E-state index contributed by atoms with van der Waals surface area (Å²) in [6.45, 7) is 5.13. The van der Waals surface area contributed by atoms with Crippen molar-refractivity contribution in [1.29, 1.82) is 0 Å². The molecule has 0 N–H and O–H groups in total. The Morgan fingerprint density at radius 2 is 1.91 bits per heavy atom. The Bertz CT molecular complexity index is 1140. The number of halogens is 1. The summed E-state index contributed by atoms with van der Waals surface area (Å²) >= 11 is 0. The van der Waals surface area contributed by atoms with Crippen molar-refractivity contribution in [3.05, 3.63) is 71.3 Å². The number of aryl methyl sites for hydroxylation is 2. The van der Waals surface area contributed by atoms with Gasteiger partial charge in [0.25, 0.3) is 5.91 Å². The van der Waals surface area contributed by atoms with Gasteiger partial charge in [-0.15, -0.1) is 0 Å². The van der Waals surface area contributed by atoms with Crippen LogP contribution in [0.2, 0.25) is 0 Å². The number of carbonyl (C=O) groups is 1. The van der Waals surface area contributed by atoms with E-state index in [0.29, 0.717) is 19.0 Å². The van der Waals surface area contributed by atoms with Gasteiger partial charge in [0, 0.05) is 44.9 Å². The lowest BCUT2D eigenvalue weighted by Crippen LogP contribution is -2.33. The number of carbonyl (C=O) groups excluding carboxylic acids is 1. The third kappa shape index (κ3) is 4.97. The zero-order chi connectivity index (χ0) is 23.5. The number of nitrogens with zero attached hydrogens (tertiary/aromatic N) is 4. The third-order valence-corrected chi connectivity index (χ3v) is 6.02. The molecule has 0 spiro atoms. The van der Waals surface area contributed by atoms with E-state index < -0.39 is 0 Å². The molecule has 7 heteroatoms. The molecule has 1 fully saturated rings. The maximum absolute atomic E-state index is 13.9. The van der Waals surface area contributed by atoms with Crippen molar-refractivity contribution in [3.8, 4) is 16.9 Å². The van der Waals surface area contributed by atoms with E-state index in [2.05, 4.69) is 4.98 Å². The minimum atomic E-state index is -0.304. The molecular formula is C26H29FN4O2. The van der Waals surface area contributed by atoms with Crippen LogP contribution < -0.4 is 9.64 Å². The highest BCUT2D eigenvalue weighted by molar-refractivity contribution is 5.78. The van der Waals surface area contributed by atoms with Gasteiger partial charge in [0.15, 0.2) is 6.61 Å². The average molecular weight is 449 g/mol. The van der Waals surface area contributed by atoms with Crippen LogP contribution in [0.3, 0.4) is 0 Å². The maximum atomic E-state index is 13.9. The first-order valence-corrected chi connectivity index (χ1v) is 11.1. The first-order valence-electron chi connectivity index (χ1n) is 11.1. The van der Waals surface area contributed by atoms with E-state index in [4.69, 9.17) is 9.72 Å². The van der Waals surface area contributed by atoms with Gasteiger partial charge in [-0.2, -0.15) is 0 Å². The van der Waals surface area contributed by atoms with E-state index in [0.717, 1.165) is 40.1 Å². The van der Waals surface area contributed by atoms with Crippen LogP contribution in [0.1, 0.15) is 29.2 Å². The van der Waals surface area contributed by atoms with Crippen molar-refractivity contribution in [2.45, 2.75) is 26.2 Å². The van der Waals surface area contributed by atoms with Crippen LogP contribution in [0.25, 0.3) is 11.1 Å². The number of aromatic nitrogens is 2. The second-order valence-electron chi connectivity index (χ2n) is 8.71. The van der Waals surface area contributed by atoms with Gasteiger partial charge in [-0.05, 0) is 49.1 Å². The van der Waals surface area contributed by atoms with Gasteiger partial charge in [0.05, 0.1) is 5.69 Å². The molecule has 0 radical (unpaired) electrons. The van der Waals surface area contributed by atoms with Crippen molar-refractivity contribution >= 4 is 11.9 Å². The lowest BCUT2D eigenvalue weighted by atomic mass is 9.96. The van der Waals surface area contributed by atoms with Crippen LogP contribution in [0.5, 0.6) is 5.75 Å². The Balaban J connectivity index is 1.53. The second kappa shape index (κ2) is 9.57. The smallest absolute Gasteiger partial charge is 0.260 e. The summed E-state index contributed by atoms with van der Waals surface area (Å²) in [5.41, 5.74) is 4.40. The van der Waals surface area contributed by atoms with E-state index in [-0.39, 0.29) is 24.2 Å². The minimum absolute atomic E-state index is 0.00187. The summed E-state index contributed by atoms with van der Waals surface area (Å²) in [7, 11) is 3.77. The molecule has 2 aromatic carbocycles. The first kappa shape index (κ1) is 22.7. The predicted molar refractivity (Wildman–Crippen MR) is 127 cm³/mol. The number of likely N-dealkylation sites (tertiary alicyclic amines) is 1. The lowest BCUT2D eigenvalue weighted by molar-refractivity contribution is -0.132. The highest BCUT2D eigenvalue weighted by Crippen LogP contribution is 2.34. The van der Waals surface area contributed by atoms with E-state index in [1.165, 1.54) is 12.1 Å². The number of amides is 1. The van der Waals surface area contributed by atoms with Gasteiger partial charge >= 0.3 is 0 Å². The Morgan fingerprint density at radius 3 is 2.61 bits per heavy atom. The van der Waals surface area contributed by atoms with Crippen molar-refractivity contribution < 1.29 is 13.9 Å². The lowest BCUT2D eigenvalue weighted by Gasteiger charge is -2.20. The fourth-order valence-electron chi connectivity index (χ4n) is 4.25. The molecular weight excluding hydrogens is 419 g/mol. The van der Waals surface area contributed by atoms with Crippen molar-refractivity contribution in [2.75, 3.05) is 38.7 Å². The molecule has 1 unspecified atom stereocenters. The highest BCUT2D eigenvalue weighted by Gasteiger charge is 2.31. The molecule has 1 atom stereocenters. The average Bonchev–Trinajstić information content (AvgIpc) is 3.28. The van der Waals surface area contributed by atoms with Gasteiger partial charge in [-0.25, -0.2) is 14.4 Å². The molecule has 3 aromatic rings. The molecule has 1 aromatic heterocycles. The normalized spacial score (nSPS) is 15.5. The fourth-order valence-corrected chi connectivity index (χ4v) is 4.25. The zero-order valence-electron chi connectivity index (χ0n) is 19.5. The summed E-state index contributed by atoms with van der Waals surface area (Å²) in [6, 6.07) is 12.4. The highest BCUT2D eigenvalue weighted by atomic mass is 19.1. The SMILES string of the molecule is Cc1cccc(C)c1OCC(=O)N1CCC(c2nc(N(C)C)ncc2-c2cccc(F)c2)C1. The minimum Gasteiger partial charge on any atom is -0.483 e. The molecule has 1 amide bonds. The van der Waals surface area contributed by atoms with Crippen molar-refractivity contribution in [2.24, 2.45) is 0 Å². The monoisotopic (exact) mass is 448 g/mol. The van der Waals surface area contributed by atoms with Gasteiger partial charge < -0.3 is 14.5 Å². The molecule has 1 aliphatic heterocycles. The predicted octanol–water partition coefficient (Wildman–Crippen LogP) is 4.36. The summed E-state index contributed by atoms with van der Waals surface area (Å²) in [4.78, 5) is 25.8. The zero-order valence-corrected chi connectivity index (χ0v) is 19.5. The Kier molecular flexibility index (Phi) is 6.58. The van der Waals surface area contributed by atoms with Crippen LogP contribution in [0.15, 0.2) is 48.7 Å². The van der Waals surface area contributed by atoms with Crippen molar-refractivity contribution in [1.82, 2.24) is 14.9 Å². The molecule has 172 valence electrons. The topological polar surface area (TPSA) is 58.6 Å². The molecule has 1 aliphatic rings. The van der Waals surface area contributed by atoms with Gasteiger partial charge in [0.1, 0.15) is 11.6 Å². The summed E-state index contributed by atoms with van der Waals surface area (Å²) in [5, 5.41) is 0. The van der Waals surface area contributed by atoms with Crippen LogP contribution in [-0.2, 0) is 4.79 Å². The van der Waals surface area contributed by atoms with E-state index >= 15 is 0 Å². The van der Waals surface area contributed by atoms with Gasteiger partial charge in [-0.1, -0.05) is 30.3 Å². The number of hydrogen-bond donors (Lipinski definition) is 0. The molecule has 0 aliphatic carbocycles. The van der Waals surface area contributed by atoms with E-state index in [1.54, 1.807) is 12.3 Å². The van der Waals surface area contributed by atoms with E-state index in [9.17, 15) is 9.18 Å². The number of anilines is 1. The standard InChI is InChI=1S/C26H29FN4O2/c1-17-7-5-8-18(2)25(17)33-16-23(32)31-12-11-20(15-31)24-22(14-28-26(29-24)30(3)4)19-9-6-10-21(27)13-19/h5-10,13-14,20H,11-12,15-16H2,1-4H3. The molecule has 6 nitrogen and oxygen atoms in total. The number of ether oxygens (including phenoxy) is 1. The second-order valence-corrected chi connectivity index (χ2v) is 8.71. The van der Waals surface area contributed by atoms with Gasteiger partial charge in [-0.3, -0.25) is 4.79 Å². The quantitative estimate of drug-likeness (QED) is 0.561. The number of hydrogen-bond acceptors (Lipinski definition) is 5. The number of rotatable bonds is 6. The molecule has 0 saturated carbocycles. The third-order valence-electron chi connectivity index (χ3n) is 6.02. The Morgan fingerprint density at radius 1 is 1.18 bits per heavy atom. The number of para-hydroxylation sites is 1. The van der Waals surface area contributed by atoms with E-state index in [1.807, 2.05) is 62.0 Å².